The maximum absolute atomic E-state index is 13.3. The molecule has 1 aliphatic rings. The Kier molecular flexibility index (Phi) is 8.95. The lowest BCUT2D eigenvalue weighted by atomic mass is 10.1. The highest BCUT2D eigenvalue weighted by atomic mass is 16.5. The van der Waals surface area contributed by atoms with E-state index in [9.17, 15) is 4.79 Å². The van der Waals surface area contributed by atoms with Crippen LogP contribution >= 0.6 is 0 Å². The number of morpholine rings is 1. The van der Waals surface area contributed by atoms with E-state index in [2.05, 4.69) is 35.3 Å². The van der Waals surface area contributed by atoms with E-state index in [0.29, 0.717) is 30.3 Å². The van der Waals surface area contributed by atoms with E-state index >= 15 is 0 Å². The molecule has 0 spiro atoms. The average Bonchev–Trinajstić information content (AvgIpc) is 2.83. The molecule has 2 amide bonds. The molecule has 0 aromatic heterocycles. The molecule has 172 valence electrons. The maximum atomic E-state index is 13.3. The van der Waals surface area contributed by atoms with E-state index in [1.807, 2.05) is 23.1 Å². The number of anilines is 1. The second-order valence-electron chi connectivity index (χ2n) is 7.77. The van der Waals surface area contributed by atoms with Crippen LogP contribution in [-0.2, 0) is 4.74 Å². The summed E-state index contributed by atoms with van der Waals surface area (Å²) in [4.78, 5) is 17.4. The number of nitrogens with one attached hydrogen (secondary N) is 1. The lowest BCUT2D eigenvalue weighted by molar-refractivity contribution is 0.0354. The van der Waals surface area contributed by atoms with Gasteiger partial charge in [0, 0.05) is 38.8 Å². The SMILES string of the molecule is COc1ccc(NC(=O)N(CCN2CCOCC2)C/C(C)=C/c2ccccc2)c(OC)c1. The molecule has 0 radical (unpaired) electrons. The molecule has 0 aliphatic carbocycles. The molecule has 0 saturated carbocycles. The van der Waals surface area contributed by atoms with E-state index in [-0.39, 0.29) is 6.03 Å². The fourth-order valence-corrected chi connectivity index (χ4v) is 3.62. The van der Waals surface area contributed by atoms with Crippen LogP contribution in [0.1, 0.15) is 12.5 Å². The minimum Gasteiger partial charge on any atom is -0.497 e. The van der Waals surface area contributed by atoms with E-state index in [4.69, 9.17) is 14.2 Å². The number of ether oxygens (including phenoxy) is 3. The number of nitrogens with zero attached hydrogens (tertiary/aromatic N) is 2. The van der Waals surface area contributed by atoms with Crippen molar-refractivity contribution in [2.75, 3.05) is 65.5 Å². The summed E-state index contributed by atoms with van der Waals surface area (Å²) in [6, 6.07) is 15.3. The summed E-state index contributed by atoms with van der Waals surface area (Å²) in [7, 11) is 3.18. The van der Waals surface area contributed by atoms with Gasteiger partial charge < -0.3 is 24.4 Å². The van der Waals surface area contributed by atoms with Crippen molar-refractivity contribution in [3.63, 3.8) is 0 Å². The molecule has 2 aromatic carbocycles. The first kappa shape index (κ1) is 23.6. The van der Waals surface area contributed by atoms with Crippen LogP contribution in [0.4, 0.5) is 10.5 Å². The number of hydrogen-bond acceptors (Lipinski definition) is 5. The van der Waals surface area contributed by atoms with E-state index in [0.717, 1.165) is 44.0 Å². The number of urea groups is 1. The van der Waals surface area contributed by atoms with Crippen molar-refractivity contribution in [3.05, 3.63) is 59.7 Å². The van der Waals surface area contributed by atoms with Gasteiger partial charge in [0.15, 0.2) is 0 Å². The zero-order chi connectivity index (χ0) is 22.8. The molecule has 1 heterocycles. The molecule has 32 heavy (non-hydrogen) atoms. The van der Waals surface area contributed by atoms with Crippen LogP contribution < -0.4 is 14.8 Å². The van der Waals surface area contributed by atoms with Gasteiger partial charge in [0.25, 0.3) is 0 Å². The third-order valence-corrected chi connectivity index (χ3v) is 5.38. The van der Waals surface area contributed by atoms with Crippen LogP contribution in [-0.4, -0.2) is 76.0 Å². The Balaban J connectivity index is 1.72. The van der Waals surface area contributed by atoms with Crippen LogP contribution in [0.25, 0.3) is 6.08 Å². The third kappa shape index (κ3) is 7.00. The summed E-state index contributed by atoms with van der Waals surface area (Å²) in [5.41, 5.74) is 2.84. The van der Waals surface area contributed by atoms with Crippen molar-refractivity contribution >= 4 is 17.8 Å². The van der Waals surface area contributed by atoms with Crippen molar-refractivity contribution in [3.8, 4) is 11.5 Å². The third-order valence-electron chi connectivity index (χ3n) is 5.38. The molecule has 1 saturated heterocycles. The fraction of sp³-hybridized carbons (Fsp3) is 0.400. The predicted octanol–water partition coefficient (Wildman–Crippen LogP) is 3.97. The Labute approximate surface area is 190 Å². The summed E-state index contributed by atoms with van der Waals surface area (Å²) in [5.74, 6) is 1.23. The summed E-state index contributed by atoms with van der Waals surface area (Å²) in [6.45, 7) is 7.25. The van der Waals surface area contributed by atoms with Crippen molar-refractivity contribution in [1.29, 1.82) is 0 Å². The highest BCUT2D eigenvalue weighted by molar-refractivity contribution is 5.91. The smallest absolute Gasteiger partial charge is 0.322 e. The number of rotatable bonds is 9. The average molecular weight is 440 g/mol. The molecule has 2 aromatic rings. The van der Waals surface area contributed by atoms with Gasteiger partial charge in [-0.2, -0.15) is 0 Å². The van der Waals surface area contributed by atoms with Gasteiger partial charge in [-0.25, -0.2) is 4.79 Å². The highest BCUT2D eigenvalue weighted by Gasteiger charge is 2.19. The Morgan fingerprint density at radius 1 is 1.12 bits per heavy atom. The molecule has 0 atom stereocenters. The molecular weight excluding hydrogens is 406 g/mol. The van der Waals surface area contributed by atoms with Crippen LogP contribution in [0.15, 0.2) is 54.1 Å². The van der Waals surface area contributed by atoms with Gasteiger partial charge in [-0.1, -0.05) is 42.0 Å². The monoisotopic (exact) mass is 439 g/mol. The first-order valence-corrected chi connectivity index (χ1v) is 10.9. The minimum atomic E-state index is -0.164. The normalized spacial score (nSPS) is 14.7. The van der Waals surface area contributed by atoms with Gasteiger partial charge in [-0.3, -0.25) is 4.90 Å². The Morgan fingerprint density at radius 2 is 1.88 bits per heavy atom. The first-order chi connectivity index (χ1) is 15.6. The second kappa shape index (κ2) is 12.1. The molecule has 7 heteroatoms. The molecule has 0 unspecified atom stereocenters. The largest absolute Gasteiger partial charge is 0.497 e. The Bertz CT molecular complexity index is 895. The van der Waals surface area contributed by atoms with Crippen LogP contribution in [0.5, 0.6) is 11.5 Å². The molecule has 3 rings (SSSR count). The number of methoxy groups -OCH3 is 2. The fourth-order valence-electron chi connectivity index (χ4n) is 3.62. The van der Waals surface area contributed by atoms with Gasteiger partial charge in [-0.05, 0) is 24.6 Å². The highest BCUT2D eigenvalue weighted by Crippen LogP contribution is 2.29. The number of hydrogen-bond donors (Lipinski definition) is 1. The van der Waals surface area contributed by atoms with Gasteiger partial charge in [0.2, 0.25) is 0 Å². The van der Waals surface area contributed by atoms with E-state index in [1.165, 1.54) is 0 Å². The van der Waals surface area contributed by atoms with Gasteiger partial charge >= 0.3 is 6.03 Å². The first-order valence-electron chi connectivity index (χ1n) is 10.9. The summed E-state index contributed by atoms with van der Waals surface area (Å²) in [6.07, 6.45) is 2.11. The summed E-state index contributed by atoms with van der Waals surface area (Å²) >= 11 is 0. The Hall–Kier alpha value is -3.03. The number of amides is 2. The summed E-state index contributed by atoms with van der Waals surface area (Å²) in [5, 5.41) is 3.01. The molecule has 1 fully saturated rings. The van der Waals surface area contributed by atoms with Crippen molar-refractivity contribution in [2.24, 2.45) is 0 Å². The lowest BCUT2D eigenvalue weighted by Crippen LogP contribution is -2.44. The molecular formula is C25H33N3O4. The van der Waals surface area contributed by atoms with Crippen molar-refractivity contribution in [1.82, 2.24) is 9.80 Å². The Morgan fingerprint density at radius 3 is 2.56 bits per heavy atom. The molecule has 7 nitrogen and oxygen atoms in total. The van der Waals surface area contributed by atoms with E-state index < -0.39 is 0 Å². The van der Waals surface area contributed by atoms with Crippen LogP contribution in [0, 0.1) is 0 Å². The maximum Gasteiger partial charge on any atom is 0.322 e. The van der Waals surface area contributed by atoms with Gasteiger partial charge in [0.1, 0.15) is 11.5 Å². The zero-order valence-corrected chi connectivity index (χ0v) is 19.2. The van der Waals surface area contributed by atoms with Crippen molar-refractivity contribution < 1.29 is 19.0 Å². The van der Waals surface area contributed by atoms with Crippen LogP contribution in [0.2, 0.25) is 0 Å². The molecule has 1 aliphatic heterocycles. The number of carbonyl (C=O) groups is 1. The number of benzene rings is 2. The van der Waals surface area contributed by atoms with E-state index in [1.54, 1.807) is 32.4 Å². The predicted molar refractivity (Wildman–Crippen MR) is 127 cm³/mol. The standard InChI is InChI=1S/C25H33N3O4/c1-20(17-21-7-5-4-6-8-21)19-28(12-11-27-13-15-32-16-14-27)25(29)26-23-10-9-22(30-2)18-24(23)31-3/h4-10,17-18H,11-16,19H2,1-3H3,(H,26,29)/b20-17+. The summed E-state index contributed by atoms with van der Waals surface area (Å²) < 4.78 is 16.1. The zero-order valence-electron chi connectivity index (χ0n) is 19.2. The van der Waals surface area contributed by atoms with Gasteiger partial charge in [-0.15, -0.1) is 0 Å². The quantitative estimate of drug-likeness (QED) is 0.641. The lowest BCUT2D eigenvalue weighted by Gasteiger charge is -2.30. The van der Waals surface area contributed by atoms with Crippen molar-refractivity contribution in [2.45, 2.75) is 6.92 Å². The van der Waals surface area contributed by atoms with Crippen LogP contribution in [0.3, 0.4) is 0 Å². The topological polar surface area (TPSA) is 63.3 Å². The molecule has 0 bridgehead atoms. The number of carbonyl (C=O) groups excluding carboxylic acids is 1. The molecule has 1 N–H and O–H groups in total. The minimum absolute atomic E-state index is 0.164. The second-order valence-corrected chi connectivity index (χ2v) is 7.77. The van der Waals surface area contributed by atoms with Gasteiger partial charge in [0.05, 0.1) is 33.1 Å².